The fraction of sp³-hybridized carbons (Fsp3) is 0.214. The largest absolute Gasteiger partial charge is 0.469 e. The standard InChI is InChI=1S/C28H26N2O4S2/c1-33-28(32)24(16-19-9-11-21(12-10-19)27-29-13-15-36-27)30-26(35)22(17-23-8-5-14-34-23)18-25(31)20-6-3-2-4-7-20/h2-15,22,24H,16-18H2,1H3,(H,30,35)/t22?,24-/m0/s1. The molecule has 0 aliphatic rings. The second kappa shape index (κ2) is 12.4. The number of Topliss-reactive ketones (excluding diaryl/α,β-unsaturated/α-hetero) is 1. The number of ether oxygens (including phenoxy) is 1. The van der Waals surface area contributed by atoms with Crippen LogP contribution in [-0.4, -0.2) is 34.9 Å². The van der Waals surface area contributed by atoms with E-state index in [1.54, 1.807) is 42.0 Å². The molecule has 0 fully saturated rings. The van der Waals surface area contributed by atoms with Crippen molar-refractivity contribution < 1.29 is 18.7 Å². The summed E-state index contributed by atoms with van der Waals surface area (Å²) in [7, 11) is 1.35. The van der Waals surface area contributed by atoms with E-state index < -0.39 is 12.0 Å². The first kappa shape index (κ1) is 25.5. The van der Waals surface area contributed by atoms with Gasteiger partial charge in [0.1, 0.15) is 16.8 Å². The van der Waals surface area contributed by atoms with Gasteiger partial charge in [0.25, 0.3) is 0 Å². The van der Waals surface area contributed by atoms with Crippen molar-refractivity contribution in [2.45, 2.75) is 25.3 Å². The molecular weight excluding hydrogens is 492 g/mol. The molecule has 8 heteroatoms. The highest BCUT2D eigenvalue weighted by Gasteiger charge is 2.27. The average Bonchev–Trinajstić information content (AvgIpc) is 3.63. The molecule has 0 spiro atoms. The van der Waals surface area contributed by atoms with Crippen molar-refractivity contribution in [3.05, 3.63) is 101 Å². The van der Waals surface area contributed by atoms with Crippen LogP contribution < -0.4 is 5.32 Å². The highest BCUT2D eigenvalue weighted by molar-refractivity contribution is 7.80. The van der Waals surface area contributed by atoms with Crippen LogP contribution in [0.5, 0.6) is 0 Å². The summed E-state index contributed by atoms with van der Waals surface area (Å²) in [6.07, 6.45) is 4.37. The SMILES string of the molecule is COC(=O)[C@H](Cc1ccc(-c2nccs2)cc1)NC(=S)C(CC(=O)c1ccccc1)Cc1ccco1. The Morgan fingerprint density at radius 3 is 2.47 bits per heavy atom. The Labute approximate surface area is 219 Å². The molecule has 2 heterocycles. The molecule has 1 N–H and O–H groups in total. The zero-order valence-electron chi connectivity index (χ0n) is 19.8. The molecule has 0 bridgehead atoms. The number of hydrogen-bond acceptors (Lipinski definition) is 7. The van der Waals surface area contributed by atoms with E-state index in [2.05, 4.69) is 10.3 Å². The molecule has 6 nitrogen and oxygen atoms in total. The van der Waals surface area contributed by atoms with E-state index in [-0.39, 0.29) is 18.1 Å². The molecule has 0 saturated carbocycles. The maximum Gasteiger partial charge on any atom is 0.328 e. The molecule has 36 heavy (non-hydrogen) atoms. The number of carbonyl (C=O) groups is 2. The first-order valence-electron chi connectivity index (χ1n) is 11.5. The smallest absolute Gasteiger partial charge is 0.328 e. The summed E-state index contributed by atoms with van der Waals surface area (Å²) >= 11 is 7.30. The number of benzene rings is 2. The topological polar surface area (TPSA) is 81.4 Å². The Bertz CT molecular complexity index is 1270. The monoisotopic (exact) mass is 518 g/mol. The molecule has 0 aliphatic carbocycles. The molecule has 0 radical (unpaired) electrons. The Kier molecular flexibility index (Phi) is 8.76. The number of thiocarbonyl (C=S) groups is 1. The molecule has 2 atom stereocenters. The first-order valence-corrected chi connectivity index (χ1v) is 12.8. The van der Waals surface area contributed by atoms with Crippen molar-refractivity contribution >= 4 is 40.3 Å². The molecule has 184 valence electrons. The van der Waals surface area contributed by atoms with E-state index in [9.17, 15) is 9.59 Å². The van der Waals surface area contributed by atoms with Crippen molar-refractivity contribution in [2.75, 3.05) is 7.11 Å². The second-order valence-corrected chi connectivity index (χ2v) is 9.63. The third-order valence-electron chi connectivity index (χ3n) is 5.80. The van der Waals surface area contributed by atoms with Crippen molar-refractivity contribution in [1.29, 1.82) is 0 Å². The number of carbonyl (C=O) groups excluding carboxylic acids is 2. The van der Waals surface area contributed by atoms with Gasteiger partial charge in [-0.25, -0.2) is 9.78 Å². The highest BCUT2D eigenvalue weighted by Crippen LogP contribution is 2.23. The van der Waals surface area contributed by atoms with Crippen LogP contribution in [0.15, 0.2) is 89.0 Å². The molecule has 2 aromatic carbocycles. The average molecular weight is 519 g/mol. The lowest BCUT2D eigenvalue weighted by molar-refractivity contribution is -0.142. The number of rotatable bonds is 11. The number of furan rings is 1. The number of aromatic nitrogens is 1. The maximum atomic E-state index is 13.0. The third-order valence-corrected chi connectivity index (χ3v) is 7.07. The maximum absolute atomic E-state index is 13.0. The minimum Gasteiger partial charge on any atom is -0.469 e. The summed E-state index contributed by atoms with van der Waals surface area (Å²) in [5, 5.41) is 6.05. The Morgan fingerprint density at radius 1 is 1.06 bits per heavy atom. The molecule has 1 unspecified atom stereocenters. The number of nitrogens with one attached hydrogen (secondary N) is 1. The van der Waals surface area contributed by atoms with E-state index in [0.717, 1.165) is 21.9 Å². The van der Waals surface area contributed by atoms with Crippen molar-refractivity contribution in [3.8, 4) is 10.6 Å². The van der Waals surface area contributed by atoms with Crippen molar-refractivity contribution in [2.24, 2.45) is 5.92 Å². The highest BCUT2D eigenvalue weighted by atomic mass is 32.1. The molecule has 0 aliphatic heterocycles. The van der Waals surface area contributed by atoms with Gasteiger partial charge in [0.15, 0.2) is 5.78 Å². The molecule has 4 aromatic rings. The molecule has 0 amide bonds. The Balaban J connectivity index is 1.49. The van der Waals surface area contributed by atoms with E-state index in [1.165, 1.54) is 7.11 Å². The lowest BCUT2D eigenvalue weighted by Crippen LogP contribution is -2.45. The molecule has 2 aromatic heterocycles. The summed E-state index contributed by atoms with van der Waals surface area (Å²) in [6.45, 7) is 0. The third kappa shape index (κ3) is 6.74. The van der Waals surface area contributed by atoms with E-state index in [1.807, 2.05) is 53.9 Å². The number of esters is 1. The summed E-state index contributed by atoms with van der Waals surface area (Å²) in [4.78, 5) is 30.4. The van der Waals surface area contributed by atoms with Gasteiger partial charge in [0, 0.05) is 47.9 Å². The van der Waals surface area contributed by atoms with E-state index in [4.69, 9.17) is 21.4 Å². The van der Waals surface area contributed by atoms with Gasteiger partial charge in [-0.05, 0) is 17.7 Å². The lowest BCUT2D eigenvalue weighted by Gasteiger charge is -2.23. The van der Waals surface area contributed by atoms with Crippen LogP contribution in [0.3, 0.4) is 0 Å². The van der Waals surface area contributed by atoms with Gasteiger partial charge < -0.3 is 14.5 Å². The van der Waals surface area contributed by atoms with Gasteiger partial charge >= 0.3 is 5.97 Å². The minimum atomic E-state index is -0.695. The van der Waals surface area contributed by atoms with Gasteiger partial charge in [0.05, 0.1) is 18.4 Å². The van der Waals surface area contributed by atoms with Crippen LogP contribution in [0.2, 0.25) is 0 Å². The number of thiazole rings is 1. The summed E-state index contributed by atoms with van der Waals surface area (Å²) < 4.78 is 10.6. The fourth-order valence-electron chi connectivity index (χ4n) is 3.91. The van der Waals surface area contributed by atoms with Gasteiger partial charge in [0.2, 0.25) is 0 Å². The van der Waals surface area contributed by atoms with Gasteiger partial charge in [-0.15, -0.1) is 11.3 Å². The van der Waals surface area contributed by atoms with Crippen LogP contribution in [-0.2, 0) is 22.4 Å². The molecule has 4 rings (SSSR count). The summed E-state index contributed by atoms with van der Waals surface area (Å²) in [5.41, 5.74) is 2.59. The zero-order chi connectivity index (χ0) is 25.3. The van der Waals surface area contributed by atoms with E-state index >= 15 is 0 Å². The van der Waals surface area contributed by atoms with Crippen LogP contribution in [0, 0.1) is 5.92 Å². The number of methoxy groups -OCH3 is 1. The van der Waals surface area contributed by atoms with Crippen LogP contribution >= 0.6 is 23.6 Å². The Morgan fingerprint density at radius 2 is 1.83 bits per heavy atom. The van der Waals surface area contributed by atoms with Gasteiger partial charge in [-0.2, -0.15) is 0 Å². The van der Waals surface area contributed by atoms with Crippen LogP contribution in [0.4, 0.5) is 0 Å². The predicted octanol–water partition coefficient (Wildman–Crippen LogP) is 5.54. The molecule has 0 saturated heterocycles. The fourth-order valence-corrected chi connectivity index (χ4v) is 4.86. The Hall–Kier alpha value is -3.62. The van der Waals surface area contributed by atoms with E-state index in [0.29, 0.717) is 23.4 Å². The van der Waals surface area contributed by atoms with Crippen molar-refractivity contribution in [3.63, 3.8) is 0 Å². The van der Waals surface area contributed by atoms with Crippen LogP contribution in [0.25, 0.3) is 10.6 Å². The number of ketones is 1. The zero-order valence-corrected chi connectivity index (χ0v) is 21.4. The van der Waals surface area contributed by atoms with Gasteiger partial charge in [-0.3, -0.25) is 4.79 Å². The number of hydrogen-bond donors (Lipinski definition) is 1. The summed E-state index contributed by atoms with van der Waals surface area (Å²) in [6, 6.07) is 20.0. The normalized spacial score (nSPS) is 12.5. The predicted molar refractivity (Wildman–Crippen MR) is 144 cm³/mol. The van der Waals surface area contributed by atoms with Gasteiger partial charge in [-0.1, -0.05) is 66.8 Å². The minimum absolute atomic E-state index is 0.0244. The van der Waals surface area contributed by atoms with Crippen molar-refractivity contribution in [1.82, 2.24) is 10.3 Å². The molecular formula is C28H26N2O4S2. The second-order valence-electron chi connectivity index (χ2n) is 8.30. The lowest BCUT2D eigenvalue weighted by atomic mass is 9.93. The number of nitrogens with zero attached hydrogens (tertiary/aromatic N) is 1. The summed E-state index contributed by atoms with van der Waals surface area (Å²) in [5.74, 6) is -0.0770. The van der Waals surface area contributed by atoms with Crippen LogP contribution in [0.1, 0.15) is 28.1 Å². The quantitative estimate of drug-likeness (QED) is 0.159. The first-order chi connectivity index (χ1) is 17.5.